The number of rotatable bonds is 7. The average Bonchev–Trinajstić information content (AvgIpc) is 2.65. The van der Waals surface area contributed by atoms with E-state index in [2.05, 4.69) is 4.40 Å². The Balaban J connectivity index is 2.63. The largest absolute Gasteiger partial charge is 0.478 e. The molecular weight excluding hydrogens is 402 g/mol. The number of aromatic nitrogens is 1. The van der Waals surface area contributed by atoms with Gasteiger partial charge < -0.3 is 9.67 Å². The lowest BCUT2D eigenvalue weighted by Gasteiger charge is -2.13. The fourth-order valence-corrected chi connectivity index (χ4v) is 3.30. The van der Waals surface area contributed by atoms with Crippen molar-refractivity contribution < 1.29 is 28.0 Å². The van der Waals surface area contributed by atoms with Crippen LogP contribution in [0.2, 0.25) is 0 Å². The van der Waals surface area contributed by atoms with Crippen LogP contribution in [0.3, 0.4) is 0 Å². The molecule has 0 aliphatic rings. The highest BCUT2D eigenvalue weighted by atomic mass is 32.2. The summed E-state index contributed by atoms with van der Waals surface area (Å²) in [6, 6.07) is 6.95. The first kappa shape index (κ1) is 21.7. The maximum Gasteiger partial charge on any atom is 0.328 e. The average molecular weight is 419 g/mol. The maximum atomic E-state index is 12.6. The van der Waals surface area contributed by atoms with Gasteiger partial charge in [-0.2, -0.15) is 8.42 Å². The number of allylic oxidation sites excluding steroid dienone is 1. The number of hydrogen-bond acceptors (Lipinski definition) is 6. The summed E-state index contributed by atoms with van der Waals surface area (Å²) < 4.78 is 29.9. The Morgan fingerprint density at radius 1 is 1.17 bits per heavy atom. The second kappa shape index (κ2) is 8.61. The van der Waals surface area contributed by atoms with E-state index in [9.17, 15) is 28.1 Å². The van der Waals surface area contributed by atoms with Crippen molar-refractivity contribution in [2.75, 3.05) is 0 Å². The first-order valence-electron chi connectivity index (χ1n) is 8.20. The summed E-state index contributed by atoms with van der Waals surface area (Å²) in [5.41, 5.74) is 0.234. The summed E-state index contributed by atoms with van der Waals surface area (Å²) in [6.45, 7) is 3.13. The fraction of sp³-hybridized carbons (Fsp3) is 0.167. The SMILES string of the molecule is Cc1ccc(S(=O)(=O)N=c2ccc([N+](=O)[O-])cn2C(C)C(=O)/C=C/C(=O)O)cc1. The Bertz CT molecular complexity index is 1160. The number of carboxylic acid groups (broad SMARTS) is 1. The lowest BCUT2D eigenvalue weighted by molar-refractivity contribution is -0.385. The summed E-state index contributed by atoms with van der Waals surface area (Å²) in [7, 11) is -4.16. The highest BCUT2D eigenvalue weighted by molar-refractivity contribution is 7.90. The highest BCUT2D eigenvalue weighted by Gasteiger charge is 2.19. The Kier molecular flexibility index (Phi) is 6.44. The molecule has 0 aliphatic carbocycles. The molecule has 2 aromatic rings. The van der Waals surface area contributed by atoms with Crippen LogP contribution < -0.4 is 5.49 Å². The maximum absolute atomic E-state index is 12.6. The van der Waals surface area contributed by atoms with Crippen molar-refractivity contribution in [2.45, 2.75) is 24.8 Å². The summed E-state index contributed by atoms with van der Waals surface area (Å²) in [6.07, 6.45) is 2.38. The topological polar surface area (TPSA) is 149 Å². The molecule has 152 valence electrons. The van der Waals surface area contributed by atoms with Crippen molar-refractivity contribution in [2.24, 2.45) is 4.40 Å². The van der Waals surface area contributed by atoms with Crippen LogP contribution in [0.1, 0.15) is 18.5 Å². The number of aryl methyl sites for hydroxylation is 1. The normalized spacial score (nSPS) is 13.4. The zero-order valence-corrected chi connectivity index (χ0v) is 16.2. The Morgan fingerprint density at radius 3 is 2.34 bits per heavy atom. The Morgan fingerprint density at radius 2 is 1.79 bits per heavy atom. The van der Waals surface area contributed by atoms with Crippen LogP contribution in [0.15, 0.2) is 64.0 Å². The number of aliphatic carboxylic acids is 1. The molecule has 0 radical (unpaired) electrons. The first-order chi connectivity index (χ1) is 13.5. The molecule has 11 heteroatoms. The molecule has 1 aromatic carbocycles. The molecule has 1 heterocycles. The van der Waals surface area contributed by atoms with Gasteiger partial charge in [-0.1, -0.05) is 17.7 Å². The number of pyridine rings is 1. The van der Waals surface area contributed by atoms with Gasteiger partial charge in [0.05, 0.1) is 22.1 Å². The molecule has 0 saturated carbocycles. The van der Waals surface area contributed by atoms with Crippen molar-refractivity contribution in [3.63, 3.8) is 0 Å². The summed E-state index contributed by atoms with van der Waals surface area (Å²) >= 11 is 0. The number of hydrogen-bond donors (Lipinski definition) is 1. The molecule has 0 spiro atoms. The monoisotopic (exact) mass is 419 g/mol. The van der Waals surface area contributed by atoms with Crippen LogP contribution in [0, 0.1) is 17.0 Å². The molecule has 29 heavy (non-hydrogen) atoms. The molecule has 0 saturated heterocycles. The van der Waals surface area contributed by atoms with Gasteiger partial charge in [0.1, 0.15) is 5.49 Å². The van der Waals surface area contributed by atoms with Gasteiger partial charge in [-0.05, 0) is 38.1 Å². The molecule has 0 aliphatic heterocycles. The van der Waals surface area contributed by atoms with Gasteiger partial charge in [0.15, 0.2) is 5.78 Å². The highest BCUT2D eigenvalue weighted by Crippen LogP contribution is 2.15. The zero-order valence-electron chi connectivity index (χ0n) is 15.4. The minimum Gasteiger partial charge on any atom is -0.478 e. The molecule has 2 rings (SSSR count). The van der Waals surface area contributed by atoms with Crippen molar-refractivity contribution in [1.29, 1.82) is 0 Å². The van der Waals surface area contributed by atoms with E-state index in [1.54, 1.807) is 19.1 Å². The molecule has 0 amide bonds. The van der Waals surface area contributed by atoms with Crippen molar-refractivity contribution in [3.05, 3.63) is 75.9 Å². The second-order valence-electron chi connectivity index (χ2n) is 6.04. The number of nitro groups is 1. The van der Waals surface area contributed by atoms with Crippen LogP contribution in [0.4, 0.5) is 5.69 Å². The molecule has 1 aromatic heterocycles. The number of carbonyl (C=O) groups is 2. The number of ketones is 1. The van der Waals surface area contributed by atoms with E-state index in [0.29, 0.717) is 6.08 Å². The summed E-state index contributed by atoms with van der Waals surface area (Å²) in [4.78, 5) is 33.1. The number of nitrogens with zero attached hydrogens (tertiary/aromatic N) is 3. The molecule has 1 unspecified atom stereocenters. The van der Waals surface area contributed by atoms with E-state index in [1.807, 2.05) is 0 Å². The van der Waals surface area contributed by atoms with E-state index in [-0.39, 0.29) is 10.4 Å². The van der Waals surface area contributed by atoms with E-state index in [1.165, 1.54) is 19.1 Å². The number of carboxylic acids is 1. The minimum atomic E-state index is -4.16. The smallest absolute Gasteiger partial charge is 0.328 e. The Hall–Kier alpha value is -3.60. The minimum absolute atomic E-state index is 0.0854. The van der Waals surface area contributed by atoms with Gasteiger partial charge in [-0.15, -0.1) is 4.40 Å². The van der Waals surface area contributed by atoms with E-state index < -0.39 is 38.4 Å². The van der Waals surface area contributed by atoms with E-state index >= 15 is 0 Å². The van der Waals surface area contributed by atoms with Gasteiger partial charge in [0, 0.05) is 12.1 Å². The lowest BCUT2D eigenvalue weighted by Crippen LogP contribution is -2.28. The fourth-order valence-electron chi connectivity index (χ4n) is 2.31. The quantitative estimate of drug-likeness (QED) is 0.408. The second-order valence-corrected chi connectivity index (χ2v) is 7.64. The standard InChI is InChI=1S/C18H17N3O7S/c1-12-3-6-15(7-4-12)29(27,28)19-17-9-5-14(21(25)26)11-20(17)13(2)16(22)8-10-18(23)24/h3-11,13H,1-2H3,(H,23,24)/b10-8+,19-17?. The van der Waals surface area contributed by atoms with Gasteiger partial charge in [0.2, 0.25) is 0 Å². The zero-order chi connectivity index (χ0) is 21.8. The predicted molar refractivity (Wildman–Crippen MR) is 102 cm³/mol. The number of sulfonamides is 1. The predicted octanol–water partition coefficient (Wildman–Crippen LogP) is 1.77. The van der Waals surface area contributed by atoms with Crippen LogP contribution in [0.5, 0.6) is 0 Å². The third-order valence-corrected chi connectivity index (χ3v) is 5.20. The summed E-state index contributed by atoms with van der Waals surface area (Å²) in [5.74, 6) is -2.05. The molecular formula is C18H17N3O7S. The molecule has 10 nitrogen and oxygen atoms in total. The van der Waals surface area contributed by atoms with Gasteiger partial charge >= 0.3 is 5.97 Å². The third kappa shape index (κ3) is 5.45. The van der Waals surface area contributed by atoms with Crippen molar-refractivity contribution in [3.8, 4) is 0 Å². The van der Waals surface area contributed by atoms with E-state index in [0.717, 1.165) is 34.5 Å². The third-order valence-electron chi connectivity index (χ3n) is 3.90. The van der Waals surface area contributed by atoms with Crippen LogP contribution >= 0.6 is 0 Å². The molecule has 0 fully saturated rings. The summed E-state index contributed by atoms with van der Waals surface area (Å²) in [5, 5.41) is 19.7. The molecule has 1 atom stereocenters. The van der Waals surface area contributed by atoms with Crippen molar-refractivity contribution >= 4 is 27.5 Å². The van der Waals surface area contributed by atoms with E-state index in [4.69, 9.17) is 5.11 Å². The number of benzene rings is 1. The lowest BCUT2D eigenvalue weighted by atomic mass is 10.2. The van der Waals surface area contributed by atoms with Crippen LogP contribution in [0.25, 0.3) is 0 Å². The Labute approximate surface area is 165 Å². The van der Waals surface area contributed by atoms with Crippen LogP contribution in [-0.2, 0) is 19.6 Å². The van der Waals surface area contributed by atoms with Gasteiger partial charge in [-0.25, -0.2) is 4.79 Å². The van der Waals surface area contributed by atoms with Gasteiger partial charge in [0.25, 0.3) is 15.7 Å². The molecule has 1 N–H and O–H groups in total. The first-order valence-corrected chi connectivity index (χ1v) is 9.64. The molecule has 0 bridgehead atoms. The number of carbonyl (C=O) groups excluding carboxylic acids is 1. The van der Waals surface area contributed by atoms with Gasteiger partial charge in [-0.3, -0.25) is 14.9 Å². The van der Waals surface area contributed by atoms with Crippen molar-refractivity contribution in [1.82, 2.24) is 4.57 Å². The van der Waals surface area contributed by atoms with Crippen LogP contribution in [-0.4, -0.2) is 34.8 Å².